The van der Waals surface area contributed by atoms with Gasteiger partial charge in [-0.3, -0.25) is 4.99 Å². The molecule has 0 aliphatic carbocycles. The van der Waals surface area contributed by atoms with E-state index in [1.807, 2.05) is 6.08 Å². The van der Waals surface area contributed by atoms with Crippen LogP contribution in [0.3, 0.4) is 0 Å². The Bertz CT molecular complexity index is 880. The molecule has 1 atom stereocenters. The molecule has 126 valence electrons. The monoisotopic (exact) mass is 334 g/mol. The molecule has 1 unspecified atom stereocenters. The van der Waals surface area contributed by atoms with E-state index in [1.54, 1.807) is 48.5 Å². The second-order valence-electron chi connectivity index (χ2n) is 5.47. The van der Waals surface area contributed by atoms with Gasteiger partial charge >= 0.3 is 0 Å². The number of aromatic hydroxyl groups is 2. The number of phenols is 2. The van der Waals surface area contributed by atoms with E-state index in [0.717, 1.165) is 16.7 Å². The van der Waals surface area contributed by atoms with Crippen LogP contribution in [0, 0.1) is 0 Å². The van der Waals surface area contributed by atoms with E-state index >= 15 is 0 Å². The SMILES string of the molecule is C=CC=N/C(=C\N)C1Oc2cc(O)ccc2C=C1c1ccc(O)cc1. The zero-order chi connectivity index (χ0) is 17.8. The highest BCUT2D eigenvalue weighted by Crippen LogP contribution is 2.39. The number of nitrogens with zero attached hydrogens (tertiary/aromatic N) is 1. The summed E-state index contributed by atoms with van der Waals surface area (Å²) in [7, 11) is 0. The van der Waals surface area contributed by atoms with Crippen molar-refractivity contribution in [2.24, 2.45) is 10.7 Å². The number of ether oxygens (including phenoxy) is 1. The topological polar surface area (TPSA) is 88.1 Å². The van der Waals surface area contributed by atoms with Crippen molar-refractivity contribution >= 4 is 17.9 Å². The van der Waals surface area contributed by atoms with Crippen LogP contribution in [-0.2, 0) is 0 Å². The van der Waals surface area contributed by atoms with Crippen molar-refractivity contribution in [1.82, 2.24) is 0 Å². The summed E-state index contributed by atoms with van der Waals surface area (Å²) < 4.78 is 6.07. The van der Waals surface area contributed by atoms with Crippen molar-refractivity contribution in [1.29, 1.82) is 0 Å². The summed E-state index contributed by atoms with van der Waals surface area (Å²) in [5.74, 6) is 0.842. The van der Waals surface area contributed by atoms with Crippen molar-refractivity contribution in [3.8, 4) is 17.2 Å². The second-order valence-corrected chi connectivity index (χ2v) is 5.47. The Kier molecular flexibility index (Phi) is 4.57. The minimum Gasteiger partial charge on any atom is -0.508 e. The van der Waals surface area contributed by atoms with E-state index in [1.165, 1.54) is 12.4 Å². The van der Waals surface area contributed by atoms with Crippen molar-refractivity contribution in [3.05, 3.63) is 78.1 Å². The van der Waals surface area contributed by atoms with Gasteiger partial charge in [-0.2, -0.15) is 0 Å². The lowest BCUT2D eigenvalue weighted by Crippen LogP contribution is -2.24. The van der Waals surface area contributed by atoms with Gasteiger partial charge in [0.25, 0.3) is 0 Å². The van der Waals surface area contributed by atoms with Crippen molar-refractivity contribution in [3.63, 3.8) is 0 Å². The van der Waals surface area contributed by atoms with Crippen LogP contribution >= 0.6 is 0 Å². The van der Waals surface area contributed by atoms with Crippen molar-refractivity contribution in [2.45, 2.75) is 6.10 Å². The molecule has 0 fully saturated rings. The lowest BCUT2D eigenvalue weighted by Gasteiger charge is -2.28. The summed E-state index contributed by atoms with van der Waals surface area (Å²) in [4.78, 5) is 4.29. The Balaban J connectivity index is 2.13. The van der Waals surface area contributed by atoms with E-state index in [9.17, 15) is 10.2 Å². The van der Waals surface area contributed by atoms with E-state index in [-0.39, 0.29) is 11.5 Å². The fourth-order valence-electron chi connectivity index (χ4n) is 2.62. The average Bonchev–Trinajstić information content (AvgIpc) is 2.62. The van der Waals surface area contributed by atoms with Gasteiger partial charge in [-0.05, 0) is 35.9 Å². The third-order valence-corrected chi connectivity index (χ3v) is 3.80. The Labute approximate surface area is 145 Å². The van der Waals surface area contributed by atoms with E-state index in [0.29, 0.717) is 11.4 Å². The van der Waals surface area contributed by atoms with Gasteiger partial charge in [-0.1, -0.05) is 24.8 Å². The maximum Gasteiger partial charge on any atom is 0.168 e. The Hall–Kier alpha value is -3.47. The molecule has 0 amide bonds. The first-order valence-corrected chi connectivity index (χ1v) is 7.70. The van der Waals surface area contributed by atoms with Gasteiger partial charge in [0.05, 0.1) is 0 Å². The molecule has 0 spiro atoms. The summed E-state index contributed by atoms with van der Waals surface area (Å²) in [6.45, 7) is 3.61. The third kappa shape index (κ3) is 3.40. The number of benzene rings is 2. The molecule has 2 aromatic carbocycles. The molecule has 0 aromatic heterocycles. The van der Waals surface area contributed by atoms with Crippen LogP contribution in [0.15, 0.2) is 72.0 Å². The van der Waals surface area contributed by atoms with Gasteiger partial charge in [-0.15, -0.1) is 0 Å². The smallest absolute Gasteiger partial charge is 0.168 e. The van der Waals surface area contributed by atoms with Gasteiger partial charge < -0.3 is 20.7 Å². The van der Waals surface area contributed by atoms with Crippen molar-refractivity contribution < 1.29 is 14.9 Å². The highest BCUT2D eigenvalue weighted by molar-refractivity contribution is 5.89. The number of fused-ring (bicyclic) bond motifs is 1. The molecule has 25 heavy (non-hydrogen) atoms. The Morgan fingerprint density at radius 3 is 2.52 bits per heavy atom. The number of hydrogen-bond donors (Lipinski definition) is 3. The first-order valence-electron chi connectivity index (χ1n) is 7.70. The summed E-state index contributed by atoms with van der Waals surface area (Å²) in [6, 6.07) is 11.8. The van der Waals surface area contributed by atoms with Crippen LogP contribution in [-0.4, -0.2) is 22.5 Å². The summed E-state index contributed by atoms with van der Waals surface area (Å²) >= 11 is 0. The summed E-state index contributed by atoms with van der Waals surface area (Å²) in [6.07, 6.45) is 5.87. The van der Waals surface area contributed by atoms with Gasteiger partial charge in [0.1, 0.15) is 22.9 Å². The lowest BCUT2D eigenvalue weighted by molar-refractivity contribution is 0.286. The van der Waals surface area contributed by atoms with E-state index < -0.39 is 6.10 Å². The number of phenolic OH excluding ortho intramolecular Hbond substituents is 2. The zero-order valence-electron chi connectivity index (χ0n) is 13.5. The molecule has 1 aliphatic rings. The predicted molar refractivity (Wildman–Crippen MR) is 99.5 cm³/mol. The van der Waals surface area contributed by atoms with E-state index in [4.69, 9.17) is 10.5 Å². The molecular formula is C20H18N2O3. The molecule has 0 bridgehead atoms. The number of allylic oxidation sites excluding steroid dienone is 1. The van der Waals surface area contributed by atoms with Gasteiger partial charge in [0.2, 0.25) is 0 Å². The molecule has 4 N–H and O–H groups in total. The first kappa shape index (κ1) is 16.4. The molecule has 5 nitrogen and oxygen atoms in total. The summed E-state index contributed by atoms with van der Waals surface area (Å²) in [5, 5.41) is 19.3. The second kappa shape index (κ2) is 6.97. The minimum absolute atomic E-state index is 0.117. The maximum absolute atomic E-state index is 9.71. The Morgan fingerprint density at radius 2 is 1.84 bits per heavy atom. The molecular weight excluding hydrogens is 316 g/mol. The van der Waals surface area contributed by atoms with Crippen LogP contribution in [0.4, 0.5) is 0 Å². The third-order valence-electron chi connectivity index (χ3n) is 3.80. The quantitative estimate of drug-likeness (QED) is 0.747. The maximum atomic E-state index is 9.71. The van der Waals surface area contributed by atoms with Gasteiger partial charge in [0.15, 0.2) is 6.10 Å². The molecule has 1 heterocycles. The molecule has 3 rings (SSSR count). The minimum atomic E-state index is -0.556. The molecule has 0 saturated heterocycles. The molecule has 0 radical (unpaired) electrons. The summed E-state index contributed by atoms with van der Waals surface area (Å²) in [5.41, 5.74) is 8.81. The highest BCUT2D eigenvalue weighted by Gasteiger charge is 2.27. The number of hydrogen-bond acceptors (Lipinski definition) is 5. The fraction of sp³-hybridized carbons (Fsp3) is 0.0500. The zero-order valence-corrected chi connectivity index (χ0v) is 13.5. The van der Waals surface area contributed by atoms with Crippen LogP contribution in [0.1, 0.15) is 11.1 Å². The Morgan fingerprint density at radius 1 is 1.12 bits per heavy atom. The standard InChI is InChI=1S/C20H18N2O3/c1-2-9-22-18(12-21)20-17(13-3-6-15(23)7-4-13)10-14-5-8-16(24)11-19(14)25-20/h2-12,20,23-24H,1,21H2/b18-12-,22-9?. The van der Waals surface area contributed by atoms with Crippen LogP contribution in [0.2, 0.25) is 0 Å². The van der Waals surface area contributed by atoms with Crippen LogP contribution in [0.5, 0.6) is 17.2 Å². The number of nitrogens with two attached hydrogens (primary N) is 1. The lowest BCUT2D eigenvalue weighted by atomic mass is 9.93. The van der Waals surface area contributed by atoms with Gasteiger partial charge in [-0.25, -0.2) is 0 Å². The van der Waals surface area contributed by atoms with Gasteiger partial charge in [0, 0.05) is 29.6 Å². The number of aliphatic imine (C=N–C) groups is 1. The van der Waals surface area contributed by atoms with E-state index in [2.05, 4.69) is 11.6 Å². The van der Waals surface area contributed by atoms with Crippen LogP contribution < -0.4 is 10.5 Å². The number of rotatable bonds is 4. The largest absolute Gasteiger partial charge is 0.508 e. The first-order chi connectivity index (χ1) is 12.1. The fourth-order valence-corrected chi connectivity index (χ4v) is 2.62. The van der Waals surface area contributed by atoms with Crippen LogP contribution in [0.25, 0.3) is 11.6 Å². The normalized spacial score (nSPS) is 16.9. The van der Waals surface area contributed by atoms with Crippen molar-refractivity contribution in [2.75, 3.05) is 0 Å². The average molecular weight is 334 g/mol. The highest BCUT2D eigenvalue weighted by atomic mass is 16.5. The predicted octanol–water partition coefficient (Wildman–Crippen LogP) is 3.46. The molecule has 1 aliphatic heterocycles. The molecule has 0 saturated carbocycles. The molecule has 5 heteroatoms. The molecule has 2 aromatic rings.